The lowest BCUT2D eigenvalue weighted by atomic mass is 9.73. The number of halogens is 3. The number of carbonyl (C=O) groups excluding carboxylic acids is 2. The fourth-order valence-electron chi connectivity index (χ4n) is 9.92. The van der Waals surface area contributed by atoms with E-state index in [1.54, 1.807) is 22.5 Å². The van der Waals surface area contributed by atoms with Crippen molar-refractivity contribution in [2.24, 2.45) is 0 Å². The van der Waals surface area contributed by atoms with E-state index in [2.05, 4.69) is 25.4 Å². The number of aromatic nitrogens is 6. The van der Waals surface area contributed by atoms with Gasteiger partial charge in [0.2, 0.25) is 11.7 Å². The van der Waals surface area contributed by atoms with Gasteiger partial charge in [-0.3, -0.25) is 19.3 Å². The third-order valence-electron chi connectivity index (χ3n) is 13.4. The Balaban J connectivity index is 0.984. The number of likely N-dealkylation sites (tertiary alicyclic amines) is 1. The van der Waals surface area contributed by atoms with Crippen molar-refractivity contribution < 1.29 is 32.2 Å². The summed E-state index contributed by atoms with van der Waals surface area (Å²) >= 11 is 0. The van der Waals surface area contributed by atoms with Crippen LogP contribution in [0.4, 0.5) is 18.9 Å². The molecule has 1 saturated carbocycles. The molecule has 2 aliphatic heterocycles. The van der Waals surface area contributed by atoms with Crippen LogP contribution in [0.3, 0.4) is 0 Å². The van der Waals surface area contributed by atoms with Crippen LogP contribution in [0.1, 0.15) is 95.0 Å². The Morgan fingerprint density at radius 1 is 0.954 bits per heavy atom. The van der Waals surface area contributed by atoms with E-state index in [9.17, 15) is 14.4 Å². The molecule has 14 nitrogen and oxygen atoms in total. The van der Waals surface area contributed by atoms with E-state index in [0.717, 1.165) is 28.5 Å². The summed E-state index contributed by atoms with van der Waals surface area (Å²) in [7, 11) is 0. The van der Waals surface area contributed by atoms with E-state index in [1.165, 1.54) is 24.5 Å². The smallest absolute Gasteiger partial charge is 0.279 e. The van der Waals surface area contributed by atoms with Crippen LogP contribution in [-0.2, 0) is 34.6 Å². The maximum atomic E-state index is 16.0. The molecule has 1 N–H and O–H groups in total. The van der Waals surface area contributed by atoms with Crippen molar-refractivity contribution in [3.05, 3.63) is 134 Å². The lowest BCUT2D eigenvalue weighted by Crippen LogP contribution is -2.47. The Morgan fingerprint density at radius 2 is 1.72 bits per heavy atom. The van der Waals surface area contributed by atoms with E-state index in [0.29, 0.717) is 74.2 Å². The fourth-order valence-corrected chi connectivity index (χ4v) is 9.92. The van der Waals surface area contributed by atoms with Crippen molar-refractivity contribution in [2.45, 2.75) is 82.9 Å². The van der Waals surface area contributed by atoms with Crippen molar-refractivity contribution in [1.82, 2.24) is 38.9 Å². The second-order valence-corrected chi connectivity index (χ2v) is 17.7. The standard InChI is InChI=1S/C48H48F3N9O5/c1-28-23-48(14-16-58(17-15-48)46(63)41-43(29(2)52-27-53-41)65-26-30-6-4-3-5-7-30)38-42(28)59(25-37(61)54-36-13-11-32(22-35(36)49)31-8-9-31)47-55-44(56-60(47)45(38)62)34-12-10-33(39(50)40(34)51)24-57-18-20-64-21-19-57/h3-7,10-13,22,27-28,31H,8-9,14-21,23-26H2,1-2H3,(H,54,61). The fraction of sp³-hybridized carbons (Fsp3) is 0.396. The van der Waals surface area contributed by atoms with Crippen LogP contribution in [0.15, 0.2) is 71.8 Å². The molecular weight excluding hydrogens is 840 g/mol. The predicted octanol–water partition coefficient (Wildman–Crippen LogP) is 6.68. The predicted molar refractivity (Wildman–Crippen MR) is 233 cm³/mol. The molecule has 10 rings (SSSR count). The number of benzene rings is 3. The second-order valence-electron chi connectivity index (χ2n) is 17.7. The summed E-state index contributed by atoms with van der Waals surface area (Å²) in [4.78, 5) is 60.0. The number of hydrogen-bond acceptors (Lipinski definition) is 10. The molecule has 2 aliphatic carbocycles. The van der Waals surface area contributed by atoms with Crippen molar-refractivity contribution in [1.29, 1.82) is 0 Å². The first-order valence-corrected chi connectivity index (χ1v) is 22.2. The van der Waals surface area contributed by atoms with E-state index in [1.807, 2.05) is 48.2 Å². The van der Waals surface area contributed by atoms with E-state index < -0.39 is 34.3 Å². The second kappa shape index (κ2) is 17.2. The summed E-state index contributed by atoms with van der Waals surface area (Å²) in [6, 6.07) is 17.3. The number of nitrogens with zero attached hydrogens (tertiary/aromatic N) is 8. The van der Waals surface area contributed by atoms with Crippen LogP contribution in [0.25, 0.3) is 17.2 Å². The molecule has 1 unspecified atom stereocenters. The van der Waals surface area contributed by atoms with Gasteiger partial charge in [-0.1, -0.05) is 49.4 Å². The van der Waals surface area contributed by atoms with E-state index in [-0.39, 0.29) is 78.7 Å². The van der Waals surface area contributed by atoms with Crippen LogP contribution in [0, 0.1) is 24.4 Å². The highest BCUT2D eigenvalue weighted by Crippen LogP contribution is 2.51. The molecule has 1 spiro atoms. The molecule has 336 valence electrons. The summed E-state index contributed by atoms with van der Waals surface area (Å²) in [5, 5.41) is 7.20. The van der Waals surface area contributed by atoms with Gasteiger partial charge in [-0.05, 0) is 80.2 Å². The number of fused-ring (bicyclic) bond motifs is 3. The van der Waals surface area contributed by atoms with Gasteiger partial charge in [-0.2, -0.15) is 9.50 Å². The van der Waals surface area contributed by atoms with Crippen LogP contribution in [0.5, 0.6) is 5.75 Å². The number of nitrogens with one attached hydrogen (secondary N) is 1. The molecule has 6 aromatic rings. The molecule has 2 amide bonds. The maximum absolute atomic E-state index is 16.0. The average molecular weight is 888 g/mol. The lowest BCUT2D eigenvalue weighted by Gasteiger charge is -2.39. The molecule has 3 aromatic heterocycles. The maximum Gasteiger partial charge on any atom is 0.279 e. The van der Waals surface area contributed by atoms with E-state index >= 15 is 13.2 Å². The quantitative estimate of drug-likeness (QED) is 0.149. The molecule has 17 heteroatoms. The van der Waals surface area contributed by atoms with Crippen LogP contribution in [-0.4, -0.2) is 90.1 Å². The van der Waals surface area contributed by atoms with Gasteiger partial charge in [0, 0.05) is 55.0 Å². The first-order chi connectivity index (χ1) is 31.5. The first-order valence-electron chi connectivity index (χ1n) is 22.2. The highest BCUT2D eigenvalue weighted by atomic mass is 19.2. The SMILES string of the molecule is Cc1ncnc(C(=O)N2CCC3(CC2)CC(C)c2c3c(=O)n3nc(-c4ccc(CN5CCOCC5)c(F)c4F)nc3n2CC(=O)Nc2ccc(C3CC3)cc2F)c1OCc1ccccc1. The highest BCUT2D eigenvalue weighted by molar-refractivity contribution is 5.95. The number of aryl methyl sites for hydroxylation is 1. The summed E-state index contributed by atoms with van der Waals surface area (Å²) in [5.74, 6) is -3.59. The molecule has 1 atom stereocenters. The first kappa shape index (κ1) is 42.5. The third-order valence-corrected chi connectivity index (χ3v) is 13.4. The number of amides is 2. The minimum absolute atomic E-state index is 0.0130. The van der Waals surface area contributed by atoms with Crippen molar-refractivity contribution in [3.8, 4) is 17.1 Å². The molecular formula is C48H48F3N9O5. The zero-order valence-electron chi connectivity index (χ0n) is 36.2. The van der Waals surface area contributed by atoms with Gasteiger partial charge >= 0.3 is 0 Å². The van der Waals surface area contributed by atoms with Crippen LogP contribution >= 0.6 is 0 Å². The summed E-state index contributed by atoms with van der Waals surface area (Å²) in [6.07, 6.45) is 4.66. The van der Waals surface area contributed by atoms with Crippen molar-refractivity contribution in [3.63, 3.8) is 0 Å². The molecule has 3 fully saturated rings. The molecule has 65 heavy (non-hydrogen) atoms. The Kier molecular flexibility index (Phi) is 11.2. The highest BCUT2D eigenvalue weighted by Gasteiger charge is 2.49. The molecule has 2 saturated heterocycles. The van der Waals surface area contributed by atoms with Gasteiger partial charge in [0.25, 0.3) is 11.5 Å². The number of carbonyl (C=O) groups is 2. The Bertz CT molecular complexity index is 2890. The van der Waals surface area contributed by atoms with E-state index in [4.69, 9.17) is 9.47 Å². The summed E-state index contributed by atoms with van der Waals surface area (Å²) in [5.41, 5.74) is 2.14. The molecule has 4 aliphatic rings. The monoisotopic (exact) mass is 887 g/mol. The Labute approximate surface area is 372 Å². The minimum atomic E-state index is -1.16. The molecule has 5 heterocycles. The normalized spacial score (nSPS) is 18.3. The zero-order valence-corrected chi connectivity index (χ0v) is 36.2. The largest absolute Gasteiger partial charge is 0.485 e. The zero-order chi connectivity index (χ0) is 45.0. The van der Waals surface area contributed by atoms with Gasteiger partial charge in [0.15, 0.2) is 28.9 Å². The van der Waals surface area contributed by atoms with Crippen LogP contribution < -0.4 is 15.6 Å². The molecule has 3 aromatic carbocycles. The number of morpholine rings is 1. The molecule has 0 bridgehead atoms. The van der Waals surface area contributed by atoms with Crippen molar-refractivity contribution in [2.75, 3.05) is 44.7 Å². The number of piperidine rings is 1. The van der Waals surface area contributed by atoms with Gasteiger partial charge in [-0.15, -0.1) is 5.10 Å². The third kappa shape index (κ3) is 8.04. The van der Waals surface area contributed by atoms with Gasteiger partial charge < -0.3 is 24.3 Å². The Hall–Kier alpha value is -6.46. The molecule has 0 radical (unpaired) electrons. The number of anilines is 1. The summed E-state index contributed by atoms with van der Waals surface area (Å²) < 4.78 is 61.3. The lowest BCUT2D eigenvalue weighted by molar-refractivity contribution is -0.116. The number of ether oxygens (including phenoxy) is 2. The topological polar surface area (TPSA) is 149 Å². The van der Waals surface area contributed by atoms with Gasteiger partial charge in [0.1, 0.15) is 25.3 Å². The van der Waals surface area contributed by atoms with Crippen molar-refractivity contribution >= 4 is 23.3 Å². The Morgan fingerprint density at radius 3 is 2.46 bits per heavy atom. The summed E-state index contributed by atoms with van der Waals surface area (Å²) in [6.45, 7) is 6.48. The minimum Gasteiger partial charge on any atom is -0.485 e. The number of rotatable bonds is 11. The van der Waals surface area contributed by atoms with Gasteiger partial charge in [-0.25, -0.2) is 23.1 Å². The van der Waals surface area contributed by atoms with Crippen LogP contribution in [0.2, 0.25) is 0 Å². The van der Waals surface area contributed by atoms with Gasteiger partial charge in [0.05, 0.1) is 30.2 Å². The number of hydrogen-bond donors (Lipinski definition) is 1. The average Bonchev–Trinajstić information content (AvgIpc) is 4.00.